The maximum absolute atomic E-state index is 12.3. The standard InChI is InChI=1S/C19H17N3O3/c1-24-13-6-7-16-12(10-13)11-17(25-16)19(23)20-9-8-18-21-14-4-2-3-5-15(14)22-18/h2-7,10-11H,8-9H2,1H3,(H,20,23)(H,21,22). The molecule has 1 amide bonds. The molecule has 0 fully saturated rings. The largest absolute Gasteiger partial charge is 0.497 e. The smallest absolute Gasteiger partial charge is 0.287 e. The summed E-state index contributed by atoms with van der Waals surface area (Å²) in [6, 6.07) is 15.0. The van der Waals surface area contributed by atoms with Crippen molar-refractivity contribution in [2.75, 3.05) is 13.7 Å². The van der Waals surface area contributed by atoms with E-state index in [0.29, 0.717) is 18.5 Å². The Morgan fingerprint density at radius 3 is 2.96 bits per heavy atom. The van der Waals surface area contributed by atoms with Crippen LogP contribution in [0.1, 0.15) is 16.4 Å². The summed E-state index contributed by atoms with van der Waals surface area (Å²) in [7, 11) is 1.60. The van der Waals surface area contributed by atoms with Crippen LogP contribution in [-0.2, 0) is 6.42 Å². The number of hydrogen-bond acceptors (Lipinski definition) is 4. The van der Waals surface area contributed by atoms with Gasteiger partial charge >= 0.3 is 0 Å². The molecule has 2 heterocycles. The molecule has 4 rings (SSSR count). The molecular weight excluding hydrogens is 318 g/mol. The van der Waals surface area contributed by atoms with Gasteiger partial charge in [-0.1, -0.05) is 12.1 Å². The van der Waals surface area contributed by atoms with Crippen molar-refractivity contribution in [3.05, 3.63) is 60.1 Å². The van der Waals surface area contributed by atoms with Crippen molar-refractivity contribution in [2.24, 2.45) is 0 Å². The van der Waals surface area contributed by atoms with E-state index in [1.807, 2.05) is 30.3 Å². The van der Waals surface area contributed by atoms with Gasteiger partial charge in [0.1, 0.15) is 17.2 Å². The Morgan fingerprint density at radius 1 is 1.24 bits per heavy atom. The zero-order valence-corrected chi connectivity index (χ0v) is 13.7. The third-order valence-electron chi connectivity index (χ3n) is 4.03. The minimum absolute atomic E-state index is 0.244. The number of amides is 1. The number of rotatable bonds is 5. The van der Waals surface area contributed by atoms with Gasteiger partial charge in [0.2, 0.25) is 0 Å². The van der Waals surface area contributed by atoms with E-state index in [1.165, 1.54) is 0 Å². The molecule has 6 heteroatoms. The van der Waals surface area contributed by atoms with Crippen LogP contribution in [0.2, 0.25) is 0 Å². The molecule has 0 aliphatic rings. The normalized spacial score (nSPS) is 11.1. The van der Waals surface area contributed by atoms with Crippen LogP contribution in [-0.4, -0.2) is 29.5 Å². The number of carbonyl (C=O) groups is 1. The quantitative estimate of drug-likeness (QED) is 0.586. The van der Waals surface area contributed by atoms with E-state index >= 15 is 0 Å². The number of benzene rings is 2. The van der Waals surface area contributed by atoms with E-state index in [1.54, 1.807) is 25.3 Å². The summed E-state index contributed by atoms with van der Waals surface area (Å²) >= 11 is 0. The number of nitrogens with zero attached hydrogens (tertiary/aromatic N) is 1. The summed E-state index contributed by atoms with van der Waals surface area (Å²) in [6.45, 7) is 0.471. The van der Waals surface area contributed by atoms with E-state index in [0.717, 1.165) is 28.0 Å². The summed E-state index contributed by atoms with van der Waals surface area (Å²) < 4.78 is 10.8. The van der Waals surface area contributed by atoms with Crippen LogP contribution in [0.4, 0.5) is 0 Å². The zero-order chi connectivity index (χ0) is 17.2. The molecule has 0 unspecified atom stereocenters. The lowest BCUT2D eigenvalue weighted by Crippen LogP contribution is -2.25. The number of carbonyl (C=O) groups excluding carboxylic acids is 1. The molecule has 4 aromatic rings. The molecule has 2 aromatic carbocycles. The highest BCUT2D eigenvalue weighted by atomic mass is 16.5. The van der Waals surface area contributed by atoms with Crippen LogP contribution in [0.3, 0.4) is 0 Å². The minimum atomic E-state index is -0.244. The van der Waals surface area contributed by atoms with Gasteiger partial charge in [-0.25, -0.2) is 4.98 Å². The molecule has 2 N–H and O–H groups in total. The van der Waals surface area contributed by atoms with Crippen LogP contribution >= 0.6 is 0 Å². The summed E-state index contributed by atoms with van der Waals surface area (Å²) in [6.07, 6.45) is 0.620. The molecule has 0 bridgehead atoms. The Hall–Kier alpha value is -3.28. The van der Waals surface area contributed by atoms with Gasteiger partial charge in [0.15, 0.2) is 5.76 Å². The predicted octanol–water partition coefficient (Wildman–Crippen LogP) is 3.29. The third-order valence-corrected chi connectivity index (χ3v) is 4.03. The molecule has 6 nitrogen and oxygen atoms in total. The Labute approximate surface area is 143 Å². The van der Waals surface area contributed by atoms with Crippen molar-refractivity contribution < 1.29 is 13.9 Å². The highest BCUT2D eigenvalue weighted by molar-refractivity contribution is 5.96. The Balaban J connectivity index is 1.41. The summed E-state index contributed by atoms with van der Waals surface area (Å²) in [5.74, 6) is 1.61. The molecule has 0 atom stereocenters. The number of furan rings is 1. The summed E-state index contributed by atoms with van der Waals surface area (Å²) in [5, 5.41) is 3.69. The molecule has 0 saturated heterocycles. The molecular formula is C19H17N3O3. The van der Waals surface area contributed by atoms with Gasteiger partial charge < -0.3 is 19.5 Å². The molecule has 0 radical (unpaired) electrons. The van der Waals surface area contributed by atoms with Crippen molar-refractivity contribution in [3.8, 4) is 5.75 Å². The third kappa shape index (κ3) is 3.06. The number of aromatic amines is 1. The second kappa shape index (κ2) is 6.32. The van der Waals surface area contributed by atoms with Crippen molar-refractivity contribution in [2.45, 2.75) is 6.42 Å². The van der Waals surface area contributed by atoms with Crippen LogP contribution < -0.4 is 10.1 Å². The first-order valence-corrected chi connectivity index (χ1v) is 8.02. The first-order chi connectivity index (χ1) is 12.2. The lowest BCUT2D eigenvalue weighted by molar-refractivity contribution is 0.0928. The molecule has 25 heavy (non-hydrogen) atoms. The molecule has 2 aromatic heterocycles. The number of imidazole rings is 1. The zero-order valence-electron chi connectivity index (χ0n) is 13.7. The van der Waals surface area contributed by atoms with Gasteiger partial charge in [-0.15, -0.1) is 0 Å². The van der Waals surface area contributed by atoms with Crippen molar-refractivity contribution >= 4 is 27.9 Å². The van der Waals surface area contributed by atoms with Gasteiger partial charge in [0.25, 0.3) is 5.91 Å². The SMILES string of the molecule is COc1ccc2oc(C(=O)NCCc3nc4ccccc4[nH]3)cc2c1. The van der Waals surface area contributed by atoms with Gasteiger partial charge in [0.05, 0.1) is 18.1 Å². The number of nitrogens with one attached hydrogen (secondary N) is 2. The summed E-state index contributed by atoms with van der Waals surface area (Å²) in [4.78, 5) is 20.0. The maximum atomic E-state index is 12.3. The van der Waals surface area contributed by atoms with Crippen LogP contribution in [0, 0.1) is 0 Å². The van der Waals surface area contributed by atoms with E-state index in [9.17, 15) is 4.79 Å². The fourth-order valence-electron chi connectivity index (χ4n) is 2.77. The molecule has 126 valence electrons. The van der Waals surface area contributed by atoms with Crippen LogP contribution in [0.5, 0.6) is 5.75 Å². The number of hydrogen-bond donors (Lipinski definition) is 2. The Kier molecular flexibility index (Phi) is 3.85. The van der Waals surface area contributed by atoms with Gasteiger partial charge in [-0.2, -0.15) is 0 Å². The summed E-state index contributed by atoms with van der Waals surface area (Å²) in [5.41, 5.74) is 2.58. The average molecular weight is 335 g/mol. The lowest BCUT2D eigenvalue weighted by Gasteiger charge is -2.00. The van der Waals surface area contributed by atoms with E-state index in [-0.39, 0.29) is 11.7 Å². The number of methoxy groups -OCH3 is 1. The number of fused-ring (bicyclic) bond motifs is 2. The Morgan fingerprint density at radius 2 is 2.12 bits per heavy atom. The van der Waals surface area contributed by atoms with Crippen molar-refractivity contribution in [3.63, 3.8) is 0 Å². The number of ether oxygens (including phenoxy) is 1. The topological polar surface area (TPSA) is 80.2 Å². The molecule has 0 aliphatic carbocycles. The predicted molar refractivity (Wildman–Crippen MR) is 94.9 cm³/mol. The fourth-order valence-corrected chi connectivity index (χ4v) is 2.77. The number of para-hydroxylation sites is 2. The first kappa shape index (κ1) is 15.3. The van der Waals surface area contributed by atoms with Crippen LogP contribution in [0.15, 0.2) is 52.9 Å². The van der Waals surface area contributed by atoms with Crippen molar-refractivity contribution in [1.82, 2.24) is 15.3 Å². The fraction of sp³-hybridized carbons (Fsp3) is 0.158. The van der Waals surface area contributed by atoms with Crippen LogP contribution in [0.25, 0.3) is 22.0 Å². The van der Waals surface area contributed by atoms with Crippen molar-refractivity contribution in [1.29, 1.82) is 0 Å². The van der Waals surface area contributed by atoms with E-state index in [2.05, 4.69) is 15.3 Å². The maximum Gasteiger partial charge on any atom is 0.287 e. The van der Waals surface area contributed by atoms with Gasteiger partial charge in [-0.3, -0.25) is 4.79 Å². The minimum Gasteiger partial charge on any atom is -0.497 e. The van der Waals surface area contributed by atoms with Gasteiger partial charge in [0, 0.05) is 18.4 Å². The second-order valence-electron chi connectivity index (χ2n) is 5.72. The highest BCUT2D eigenvalue weighted by Gasteiger charge is 2.12. The molecule has 0 spiro atoms. The average Bonchev–Trinajstić information content (AvgIpc) is 3.24. The first-order valence-electron chi connectivity index (χ1n) is 8.02. The monoisotopic (exact) mass is 335 g/mol. The molecule has 0 saturated carbocycles. The van der Waals surface area contributed by atoms with Gasteiger partial charge in [-0.05, 0) is 36.4 Å². The number of aromatic nitrogens is 2. The van der Waals surface area contributed by atoms with E-state index in [4.69, 9.17) is 9.15 Å². The number of H-pyrrole nitrogens is 1. The highest BCUT2D eigenvalue weighted by Crippen LogP contribution is 2.24. The Bertz CT molecular complexity index is 1020. The second-order valence-corrected chi connectivity index (χ2v) is 5.72. The van der Waals surface area contributed by atoms with E-state index < -0.39 is 0 Å². The molecule has 0 aliphatic heterocycles. The lowest BCUT2D eigenvalue weighted by atomic mass is 10.2.